The van der Waals surface area contributed by atoms with Crippen LogP contribution in [0.4, 0.5) is 0 Å². The van der Waals surface area contributed by atoms with E-state index >= 15 is 4.79 Å². The van der Waals surface area contributed by atoms with Crippen molar-refractivity contribution in [2.75, 3.05) is 13.2 Å². The van der Waals surface area contributed by atoms with Gasteiger partial charge in [0, 0.05) is 0 Å². The first-order valence-electron chi connectivity index (χ1n) is 27.3. The summed E-state index contributed by atoms with van der Waals surface area (Å²) in [6.07, 6.45) is -27.0. The molecule has 0 unspecified atom stereocenters. The second kappa shape index (κ2) is 21.0. The Morgan fingerprint density at radius 1 is 0.610 bits per heavy atom. The fourth-order valence-electron chi connectivity index (χ4n) is 15.9. The molecule has 13 N–H and O–H groups in total. The van der Waals surface area contributed by atoms with Crippen LogP contribution >= 0.6 is 0 Å². The number of aliphatic hydroxyl groups excluding tert-OH is 11. The lowest BCUT2D eigenvalue weighted by Gasteiger charge is -2.70. The molecule has 4 aliphatic heterocycles. The van der Waals surface area contributed by atoms with E-state index in [4.69, 9.17) is 37.9 Å². The fourth-order valence-corrected chi connectivity index (χ4v) is 15.9. The summed E-state index contributed by atoms with van der Waals surface area (Å²) in [5.74, 6) is -4.64. The van der Waals surface area contributed by atoms with Crippen LogP contribution in [0.3, 0.4) is 0 Å². The van der Waals surface area contributed by atoms with E-state index in [0.717, 1.165) is 5.57 Å². The van der Waals surface area contributed by atoms with Gasteiger partial charge in [-0.05, 0) is 119 Å². The Morgan fingerprint density at radius 2 is 1.19 bits per heavy atom. The van der Waals surface area contributed by atoms with E-state index in [1.807, 2.05) is 0 Å². The van der Waals surface area contributed by atoms with Crippen LogP contribution < -0.4 is 0 Å². The highest BCUT2D eigenvalue weighted by Crippen LogP contribution is 2.76. The lowest BCUT2D eigenvalue weighted by Crippen LogP contribution is -2.69. The number of allylic oxidation sites excluding steroid dienone is 2. The van der Waals surface area contributed by atoms with E-state index in [-0.39, 0.29) is 24.7 Å². The highest BCUT2D eigenvalue weighted by Gasteiger charge is 2.74. The fraction of sp³-hybridized carbons (Fsp3) is 0.906. The predicted molar refractivity (Wildman–Crippen MR) is 258 cm³/mol. The Hall–Kier alpha value is -2.57. The Morgan fingerprint density at radius 3 is 1.84 bits per heavy atom. The molecule has 0 bridgehead atoms. The molecule has 8 fully saturated rings. The van der Waals surface area contributed by atoms with Crippen molar-refractivity contribution in [3.8, 4) is 0 Å². The van der Waals surface area contributed by atoms with Crippen LogP contribution in [0.5, 0.6) is 0 Å². The predicted octanol–water partition coefficient (Wildman–Crippen LogP) is -1.21. The van der Waals surface area contributed by atoms with Gasteiger partial charge in [-0.2, -0.15) is 0 Å². The van der Waals surface area contributed by atoms with Crippen LogP contribution in [0.1, 0.15) is 113 Å². The number of hydrogen-bond acceptors (Lipinski definition) is 22. The molecule has 24 nitrogen and oxygen atoms in total. The Labute approximate surface area is 446 Å². The minimum absolute atomic E-state index is 0.0282. The van der Waals surface area contributed by atoms with Crippen molar-refractivity contribution in [1.82, 2.24) is 0 Å². The molecule has 0 amide bonds. The maximum absolute atomic E-state index is 15.3. The number of carboxylic acids is 2. The van der Waals surface area contributed by atoms with Crippen LogP contribution in [-0.4, -0.2) is 220 Å². The summed E-state index contributed by atoms with van der Waals surface area (Å²) >= 11 is 0. The van der Waals surface area contributed by atoms with Crippen molar-refractivity contribution in [1.29, 1.82) is 0 Å². The number of rotatable bonds is 11. The molecule has 4 saturated carbocycles. The van der Waals surface area contributed by atoms with Gasteiger partial charge in [0.1, 0.15) is 73.2 Å². The average Bonchev–Trinajstić information content (AvgIpc) is 3.55. The topological polar surface area (TPSA) is 388 Å². The lowest BCUT2D eigenvalue weighted by atomic mass is 9.33. The number of aliphatic hydroxyl groups is 11. The number of carbonyl (C=O) groups is 3. The maximum atomic E-state index is 15.3. The Kier molecular flexibility index (Phi) is 16.1. The third-order valence-corrected chi connectivity index (χ3v) is 21.0. The van der Waals surface area contributed by atoms with Crippen LogP contribution in [0.2, 0.25) is 0 Å². The summed E-state index contributed by atoms with van der Waals surface area (Å²) in [7, 11) is 0. The molecule has 4 heterocycles. The Bertz CT molecular complexity index is 2230. The molecule has 77 heavy (non-hydrogen) atoms. The molecule has 5 aliphatic carbocycles. The van der Waals surface area contributed by atoms with E-state index in [2.05, 4.69) is 33.8 Å². The van der Waals surface area contributed by atoms with Gasteiger partial charge in [0.2, 0.25) is 6.29 Å². The van der Waals surface area contributed by atoms with E-state index in [1.54, 1.807) is 0 Å². The molecule has 28 atom stereocenters. The van der Waals surface area contributed by atoms with Crippen molar-refractivity contribution >= 4 is 17.9 Å². The van der Waals surface area contributed by atoms with Gasteiger partial charge in [0.15, 0.2) is 25.0 Å². The highest BCUT2D eigenvalue weighted by atomic mass is 16.8. The number of esters is 1. The molecule has 9 aliphatic rings. The van der Waals surface area contributed by atoms with Gasteiger partial charge < -0.3 is 104 Å². The number of fused-ring (bicyclic) bond motifs is 7. The van der Waals surface area contributed by atoms with Gasteiger partial charge in [-0.15, -0.1) is 0 Å². The molecule has 0 spiro atoms. The first-order chi connectivity index (χ1) is 35.9. The first kappa shape index (κ1) is 59.1. The third-order valence-electron chi connectivity index (χ3n) is 21.0. The van der Waals surface area contributed by atoms with E-state index in [0.29, 0.717) is 44.9 Å². The van der Waals surface area contributed by atoms with Crippen LogP contribution in [0, 0.1) is 50.2 Å². The molecule has 0 aromatic rings. The largest absolute Gasteiger partial charge is 0.481 e. The van der Waals surface area contributed by atoms with Gasteiger partial charge >= 0.3 is 17.9 Å². The summed E-state index contributed by atoms with van der Waals surface area (Å²) in [4.78, 5) is 42.1. The molecule has 438 valence electrons. The molecule has 4 saturated heterocycles. The van der Waals surface area contributed by atoms with Gasteiger partial charge in [-0.3, -0.25) is 14.4 Å². The van der Waals surface area contributed by atoms with Crippen molar-refractivity contribution in [2.24, 2.45) is 50.2 Å². The van der Waals surface area contributed by atoms with Crippen molar-refractivity contribution in [3.63, 3.8) is 0 Å². The number of carboxylic acid groups (broad SMARTS) is 2. The third kappa shape index (κ3) is 9.23. The van der Waals surface area contributed by atoms with Crippen molar-refractivity contribution < 1.29 is 119 Å². The molecule has 9 rings (SSSR count). The number of hydrogen-bond donors (Lipinski definition) is 13. The van der Waals surface area contributed by atoms with Crippen molar-refractivity contribution in [2.45, 2.75) is 235 Å². The maximum Gasteiger partial charge on any atom is 0.315 e. The average molecular weight is 1100 g/mol. The molecular weight excluding hydrogens is 1020 g/mol. The lowest BCUT2D eigenvalue weighted by molar-refractivity contribution is -0.384. The smallest absolute Gasteiger partial charge is 0.315 e. The zero-order valence-electron chi connectivity index (χ0n) is 44.6. The van der Waals surface area contributed by atoms with Gasteiger partial charge in [-0.25, -0.2) is 0 Å². The first-order valence-corrected chi connectivity index (χ1v) is 27.3. The minimum Gasteiger partial charge on any atom is -0.481 e. The van der Waals surface area contributed by atoms with E-state index < -0.39 is 199 Å². The van der Waals surface area contributed by atoms with Gasteiger partial charge in [-0.1, -0.05) is 39.3 Å². The zero-order chi connectivity index (χ0) is 56.4. The zero-order valence-corrected chi connectivity index (χ0v) is 44.6. The normalized spacial score (nSPS) is 53.6. The SMILES string of the molecule is C[C@@H]1O[C@@H](O[C@H]2[C@H](OC(=O)[C@]34CCC(C)(C)C[C@H]3C3=CC[C@@H]5[C@@]6(C(=O)O)CC[C@H](O)[C@@](C)(C(=O)O)[C@@H]6CC[C@@]5(C)[C@]3(C)CC4)O[C@H](C)[C@H](O)[C@@H]2O)[C@H](O)[C@H](O)[C@H]1O[C@@H]1O[C@H](CO)[C@@H](O[C@@H]2OC[C@@H](O)[C@H](O)[C@H]2O)[C@H](O)[C@H]1O. The van der Waals surface area contributed by atoms with Gasteiger partial charge in [0.25, 0.3) is 0 Å². The summed E-state index contributed by atoms with van der Waals surface area (Å²) in [5.41, 5.74) is -4.78. The van der Waals surface area contributed by atoms with Crippen LogP contribution in [-0.2, 0) is 52.3 Å². The van der Waals surface area contributed by atoms with Gasteiger partial charge in [0.05, 0.1) is 47.8 Å². The number of ether oxygens (including phenoxy) is 8. The second-order valence-electron chi connectivity index (χ2n) is 25.4. The summed E-state index contributed by atoms with van der Waals surface area (Å²) in [6.45, 7) is 11.6. The molecular formula is C53H82O24. The number of aliphatic carboxylic acids is 2. The summed E-state index contributed by atoms with van der Waals surface area (Å²) in [6, 6.07) is 0. The molecule has 0 radical (unpaired) electrons. The second-order valence-corrected chi connectivity index (χ2v) is 25.4. The standard InChI is InChI=1S/C53H82O24/c1-21-30(57)32(59)40(76-42-36(63)33(60)38(22(2)72-42)74-43-37(64)34(61)39(26(19-54)73-43)75-41-35(62)31(58)25(55)20-70-41)44(71-21)77-47(69)52-16-14-48(3,4)18-24(52)23-8-9-27-50(6,49(23,5)15-17-52)12-10-28-51(7,45(65)66)29(56)11-13-53(27,28)46(67)68/h8,21-22,24-44,54-64H,9-20H2,1-7H3,(H,65,66)(H,67,68)/t21-,22+,24+,25-,26-,27+,28+,29+,30+,31+,32+,33+,34-,35-,36-,37-,38+,39-,40-,41+,42+,43+,44+,49-,50-,51+,52+,53+/m1/s1. The molecule has 0 aromatic carbocycles. The van der Waals surface area contributed by atoms with Crippen LogP contribution in [0.25, 0.3) is 0 Å². The van der Waals surface area contributed by atoms with E-state index in [1.165, 1.54) is 20.8 Å². The Balaban J connectivity index is 0.926. The minimum atomic E-state index is -1.99. The number of carbonyl (C=O) groups excluding carboxylic acids is 1. The monoisotopic (exact) mass is 1100 g/mol. The molecule has 0 aromatic heterocycles. The van der Waals surface area contributed by atoms with Crippen LogP contribution in [0.15, 0.2) is 11.6 Å². The van der Waals surface area contributed by atoms with E-state index in [9.17, 15) is 76.0 Å². The quantitative estimate of drug-likeness (QED) is 0.0853. The van der Waals surface area contributed by atoms with Crippen molar-refractivity contribution in [3.05, 3.63) is 11.6 Å². The molecule has 24 heteroatoms. The highest BCUT2D eigenvalue weighted by molar-refractivity contribution is 5.82. The summed E-state index contributed by atoms with van der Waals surface area (Å²) in [5, 5.41) is 142. The summed E-state index contributed by atoms with van der Waals surface area (Å²) < 4.78 is 47.0.